The Morgan fingerprint density at radius 2 is 1.85 bits per heavy atom. The fraction of sp³-hybridized carbons (Fsp3) is 0.667. The van der Waals surface area contributed by atoms with E-state index in [1.54, 1.807) is 6.08 Å². The van der Waals surface area contributed by atoms with Gasteiger partial charge in [0.1, 0.15) is 12.3 Å². The number of urea groups is 1. The minimum absolute atomic E-state index is 0.0534. The molecule has 1 saturated heterocycles. The topological polar surface area (TPSA) is 222 Å². The molecule has 27 heavy (non-hydrogen) atoms. The number of amides is 2. The van der Waals surface area contributed by atoms with Crippen LogP contribution in [0.4, 0.5) is 4.79 Å². The monoisotopic (exact) mass is 454 g/mol. The Kier molecular flexibility index (Phi) is 7.02. The standard InChI is InChI=1S/C9H17N2O13P3/c12-6-4-8(11-3-1-2-10-9(11)13)22-7(6)5-21-26(17,18)24-27(19,20)23-25(14,15)16/h1,3,6-8,12H,2,4-5H2,(H,10,13)(H,17,18)(H,19,20)(H2,14,15,16)/t6-,7+,8+/m0/s1. The molecule has 0 bridgehead atoms. The second kappa shape index (κ2) is 8.37. The molecule has 0 aromatic carbocycles. The minimum Gasteiger partial charge on any atom is -0.390 e. The van der Waals surface area contributed by atoms with Crippen molar-refractivity contribution in [3.63, 3.8) is 0 Å². The van der Waals surface area contributed by atoms with E-state index in [0.717, 1.165) is 4.90 Å². The number of nitrogens with zero attached hydrogens (tertiary/aromatic N) is 1. The highest BCUT2D eigenvalue weighted by Crippen LogP contribution is 2.66. The molecule has 15 nitrogen and oxygen atoms in total. The number of phosphoric acid groups is 3. The molecule has 2 aliphatic rings. The molecule has 0 aromatic heterocycles. The summed E-state index contributed by atoms with van der Waals surface area (Å²) in [6.45, 7) is -0.486. The van der Waals surface area contributed by atoms with Crippen molar-refractivity contribution in [2.75, 3.05) is 13.2 Å². The SMILES string of the molecule is O=C1NCC=CN1[C@H]1C[C@H](O)[C@@H](COP(=O)(O)OP(=O)(O)OP(=O)(O)O)O1. The van der Waals surface area contributed by atoms with Crippen LogP contribution in [0.2, 0.25) is 0 Å². The van der Waals surface area contributed by atoms with Crippen LogP contribution < -0.4 is 5.32 Å². The van der Waals surface area contributed by atoms with Crippen molar-refractivity contribution in [3.8, 4) is 0 Å². The fourth-order valence-electron chi connectivity index (χ4n) is 2.21. The zero-order valence-electron chi connectivity index (χ0n) is 13.3. The van der Waals surface area contributed by atoms with E-state index in [-0.39, 0.29) is 6.42 Å². The van der Waals surface area contributed by atoms with Gasteiger partial charge in [-0.2, -0.15) is 8.62 Å². The van der Waals surface area contributed by atoms with Gasteiger partial charge in [-0.1, -0.05) is 0 Å². The van der Waals surface area contributed by atoms with E-state index < -0.39 is 54.5 Å². The first-order valence-corrected chi connectivity index (χ1v) is 11.6. The third-order valence-corrected chi connectivity index (χ3v) is 7.01. The highest BCUT2D eigenvalue weighted by atomic mass is 31.3. The summed E-state index contributed by atoms with van der Waals surface area (Å²) in [4.78, 5) is 48.1. The number of hydrogen-bond donors (Lipinski definition) is 6. The Hall–Kier alpha value is -0.660. The van der Waals surface area contributed by atoms with E-state index in [9.17, 15) is 28.5 Å². The van der Waals surface area contributed by atoms with E-state index in [0.29, 0.717) is 6.54 Å². The van der Waals surface area contributed by atoms with E-state index in [2.05, 4.69) is 18.5 Å². The Morgan fingerprint density at radius 3 is 2.44 bits per heavy atom. The first kappa shape index (κ1) is 22.6. The molecule has 2 heterocycles. The number of hydrogen-bond acceptors (Lipinski definition) is 9. The average molecular weight is 454 g/mol. The number of nitrogens with one attached hydrogen (secondary N) is 1. The third-order valence-electron chi connectivity index (χ3n) is 3.20. The van der Waals surface area contributed by atoms with Crippen LogP contribution in [-0.2, 0) is 31.6 Å². The first-order chi connectivity index (χ1) is 12.3. The molecule has 0 radical (unpaired) electrons. The van der Waals surface area contributed by atoms with Gasteiger partial charge < -0.3 is 34.7 Å². The van der Waals surface area contributed by atoms with Crippen LogP contribution in [0.1, 0.15) is 6.42 Å². The van der Waals surface area contributed by atoms with Gasteiger partial charge in [-0.3, -0.25) is 9.42 Å². The number of ether oxygens (including phenoxy) is 1. The molecule has 18 heteroatoms. The van der Waals surface area contributed by atoms with Crippen LogP contribution in [-0.4, -0.2) is 67.2 Å². The van der Waals surface area contributed by atoms with Crippen molar-refractivity contribution in [2.45, 2.75) is 24.9 Å². The molecule has 5 atom stereocenters. The van der Waals surface area contributed by atoms with Crippen LogP contribution in [0.5, 0.6) is 0 Å². The molecule has 156 valence electrons. The second-order valence-corrected chi connectivity index (χ2v) is 9.72. The summed E-state index contributed by atoms with van der Waals surface area (Å²) < 4.78 is 50.2. The van der Waals surface area contributed by atoms with E-state index >= 15 is 0 Å². The molecule has 0 aromatic rings. The Bertz CT molecular complexity index is 737. The van der Waals surface area contributed by atoms with Crippen molar-refractivity contribution in [2.24, 2.45) is 0 Å². The lowest BCUT2D eigenvalue weighted by molar-refractivity contribution is -0.0529. The largest absolute Gasteiger partial charge is 0.490 e. The van der Waals surface area contributed by atoms with Crippen molar-refractivity contribution in [1.82, 2.24) is 10.2 Å². The Morgan fingerprint density at radius 1 is 1.19 bits per heavy atom. The number of phosphoric ester groups is 1. The van der Waals surface area contributed by atoms with Gasteiger partial charge in [0.25, 0.3) is 0 Å². The summed E-state index contributed by atoms with van der Waals surface area (Å²) in [7, 11) is -16.4. The fourth-order valence-corrected chi connectivity index (χ4v) is 5.23. The summed E-state index contributed by atoms with van der Waals surface area (Å²) in [5.74, 6) is 0. The smallest absolute Gasteiger partial charge is 0.390 e. The normalized spacial score (nSPS) is 30.6. The summed E-state index contributed by atoms with van der Waals surface area (Å²) in [5.41, 5.74) is 0. The zero-order chi connectivity index (χ0) is 20.5. The molecule has 2 amide bonds. The van der Waals surface area contributed by atoms with Gasteiger partial charge in [-0.15, -0.1) is 0 Å². The number of carbonyl (C=O) groups excluding carboxylic acids is 1. The number of rotatable bonds is 8. The molecule has 0 aliphatic carbocycles. The van der Waals surface area contributed by atoms with Crippen molar-refractivity contribution < 1.29 is 61.1 Å². The second-order valence-electron chi connectivity index (χ2n) is 5.30. The van der Waals surface area contributed by atoms with Crippen molar-refractivity contribution >= 4 is 29.5 Å². The van der Waals surface area contributed by atoms with Gasteiger partial charge in [-0.25, -0.2) is 18.5 Å². The molecular weight excluding hydrogens is 437 g/mol. The average Bonchev–Trinajstić information content (AvgIpc) is 2.83. The van der Waals surface area contributed by atoms with Crippen LogP contribution >= 0.6 is 23.5 Å². The van der Waals surface area contributed by atoms with Crippen molar-refractivity contribution in [3.05, 3.63) is 12.3 Å². The van der Waals surface area contributed by atoms with Crippen molar-refractivity contribution in [1.29, 1.82) is 0 Å². The van der Waals surface area contributed by atoms with Gasteiger partial charge in [0.2, 0.25) is 0 Å². The predicted octanol–water partition coefficient (Wildman–Crippen LogP) is -0.656. The summed E-state index contributed by atoms with van der Waals surface area (Å²) in [6.07, 6.45) is -0.320. The number of aliphatic hydroxyl groups is 1. The lowest BCUT2D eigenvalue weighted by Crippen LogP contribution is -2.45. The summed E-state index contributed by atoms with van der Waals surface area (Å²) in [5, 5.41) is 12.4. The van der Waals surface area contributed by atoms with E-state index in [1.165, 1.54) is 6.20 Å². The minimum atomic E-state index is -5.63. The summed E-state index contributed by atoms with van der Waals surface area (Å²) in [6, 6.07) is -0.483. The Balaban J connectivity index is 1.91. The van der Waals surface area contributed by atoms with Gasteiger partial charge in [-0.05, 0) is 6.08 Å². The quantitative estimate of drug-likeness (QED) is 0.251. The Labute approximate surface area is 152 Å². The van der Waals surface area contributed by atoms with E-state index in [1.807, 2.05) is 0 Å². The van der Waals surface area contributed by atoms with E-state index in [4.69, 9.17) is 19.4 Å². The predicted molar refractivity (Wildman–Crippen MR) is 83.5 cm³/mol. The molecule has 2 rings (SSSR count). The summed E-state index contributed by atoms with van der Waals surface area (Å²) >= 11 is 0. The van der Waals surface area contributed by atoms with Crippen LogP contribution in [0, 0.1) is 0 Å². The molecule has 0 saturated carbocycles. The van der Waals surface area contributed by atoms with Gasteiger partial charge in [0.15, 0.2) is 0 Å². The molecule has 2 aliphatic heterocycles. The van der Waals surface area contributed by atoms with Gasteiger partial charge >= 0.3 is 29.5 Å². The first-order valence-electron chi connectivity index (χ1n) is 7.13. The maximum atomic E-state index is 11.7. The van der Waals surface area contributed by atoms with Crippen LogP contribution in [0.25, 0.3) is 0 Å². The lowest BCUT2D eigenvalue weighted by atomic mass is 10.2. The van der Waals surface area contributed by atoms with Crippen LogP contribution in [0.15, 0.2) is 12.3 Å². The molecule has 1 fully saturated rings. The molecule has 2 unspecified atom stereocenters. The van der Waals surface area contributed by atoms with Crippen LogP contribution in [0.3, 0.4) is 0 Å². The highest BCUT2D eigenvalue weighted by Gasteiger charge is 2.43. The molecule has 0 spiro atoms. The lowest BCUT2D eigenvalue weighted by Gasteiger charge is -2.27. The maximum absolute atomic E-state index is 11.7. The number of aliphatic hydroxyl groups excluding tert-OH is 1. The molecule has 6 N–H and O–H groups in total. The highest BCUT2D eigenvalue weighted by molar-refractivity contribution is 7.66. The third kappa shape index (κ3) is 7.02. The molecular formula is C9H17N2O13P3. The van der Waals surface area contributed by atoms with Gasteiger partial charge in [0.05, 0.1) is 12.7 Å². The van der Waals surface area contributed by atoms with Gasteiger partial charge in [0, 0.05) is 19.2 Å². The number of carbonyl (C=O) groups is 1. The maximum Gasteiger partial charge on any atom is 0.490 e. The zero-order valence-corrected chi connectivity index (χ0v) is 16.0.